The summed E-state index contributed by atoms with van der Waals surface area (Å²) in [5, 5.41) is 24.8. The summed E-state index contributed by atoms with van der Waals surface area (Å²) in [5.41, 5.74) is 0.324. The summed E-state index contributed by atoms with van der Waals surface area (Å²) in [6, 6.07) is 12.1. The van der Waals surface area contributed by atoms with Crippen LogP contribution in [0.15, 0.2) is 60.7 Å². The Labute approximate surface area is 223 Å². The Kier molecular flexibility index (Phi) is 10.4. The van der Waals surface area contributed by atoms with Crippen molar-refractivity contribution in [2.24, 2.45) is 0 Å². The molecule has 0 bridgehead atoms. The number of carboxylic acid groups (broad SMARTS) is 2. The molecule has 0 heterocycles. The molecule has 0 amide bonds. The lowest BCUT2D eigenvalue weighted by Gasteiger charge is -2.40. The standard InChI is InChI=1S/C27H28N2O10/c30-22(38-26(36)16-7-3-1-4-8-16)14-13-20(24(32)33)28-18-11-12-19(18)29-21(25(34)35)15-23(31)39-27(37)17-9-5-2-6-10-17/h1-10,18-21,28-29H,11-15H2,(H,32,33)(H,34,35). The van der Waals surface area contributed by atoms with Gasteiger partial charge < -0.3 is 25.0 Å². The first-order valence-electron chi connectivity index (χ1n) is 12.2. The molecule has 1 aliphatic rings. The Morgan fingerprint density at radius 3 is 1.56 bits per heavy atom. The van der Waals surface area contributed by atoms with E-state index in [2.05, 4.69) is 10.6 Å². The number of aliphatic carboxylic acids is 2. The number of carbonyl (C=O) groups excluding carboxylic acids is 4. The quantitative estimate of drug-likeness (QED) is 0.212. The van der Waals surface area contributed by atoms with Crippen molar-refractivity contribution in [1.29, 1.82) is 0 Å². The van der Waals surface area contributed by atoms with Gasteiger partial charge in [-0.3, -0.25) is 24.5 Å². The maximum absolute atomic E-state index is 12.2. The summed E-state index contributed by atoms with van der Waals surface area (Å²) in [5.74, 6) is -6.23. The third kappa shape index (κ3) is 8.83. The molecule has 1 aliphatic carbocycles. The molecule has 1 saturated carbocycles. The molecular formula is C27H28N2O10. The summed E-state index contributed by atoms with van der Waals surface area (Å²) in [6.07, 6.45) is -0.121. The summed E-state index contributed by atoms with van der Waals surface area (Å²) >= 11 is 0. The van der Waals surface area contributed by atoms with Gasteiger partial charge in [0.15, 0.2) is 0 Å². The lowest BCUT2D eigenvalue weighted by molar-refractivity contribution is -0.147. The largest absolute Gasteiger partial charge is 0.480 e. The van der Waals surface area contributed by atoms with Gasteiger partial charge in [0.2, 0.25) is 0 Å². The van der Waals surface area contributed by atoms with Gasteiger partial charge >= 0.3 is 35.8 Å². The number of benzene rings is 2. The highest BCUT2D eigenvalue weighted by Crippen LogP contribution is 2.22. The van der Waals surface area contributed by atoms with Crippen molar-refractivity contribution in [1.82, 2.24) is 10.6 Å². The minimum atomic E-state index is -1.38. The van der Waals surface area contributed by atoms with E-state index in [1.807, 2.05) is 0 Å². The van der Waals surface area contributed by atoms with Crippen molar-refractivity contribution in [3.63, 3.8) is 0 Å². The normalized spacial score (nSPS) is 17.6. The summed E-state index contributed by atoms with van der Waals surface area (Å²) < 4.78 is 9.50. The number of hydrogen-bond acceptors (Lipinski definition) is 10. The van der Waals surface area contributed by atoms with E-state index < -0.39 is 66.4 Å². The van der Waals surface area contributed by atoms with Gasteiger partial charge in [0.1, 0.15) is 12.1 Å². The second kappa shape index (κ2) is 13.9. The van der Waals surface area contributed by atoms with Crippen molar-refractivity contribution in [2.45, 2.75) is 56.3 Å². The van der Waals surface area contributed by atoms with Gasteiger partial charge in [-0.05, 0) is 43.5 Å². The van der Waals surface area contributed by atoms with Crippen molar-refractivity contribution in [3.05, 3.63) is 71.8 Å². The Morgan fingerprint density at radius 2 is 1.13 bits per heavy atom. The van der Waals surface area contributed by atoms with E-state index in [0.29, 0.717) is 12.8 Å². The second-order valence-corrected chi connectivity index (χ2v) is 8.90. The number of ether oxygens (including phenoxy) is 2. The monoisotopic (exact) mass is 540 g/mol. The fourth-order valence-corrected chi connectivity index (χ4v) is 3.91. The summed E-state index contributed by atoms with van der Waals surface area (Å²) in [7, 11) is 0. The van der Waals surface area contributed by atoms with Crippen LogP contribution in [0, 0.1) is 0 Å². The second-order valence-electron chi connectivity index (χ2n) is 8.90. The van der Waals surface area contributed by atoms with Crippen LogP contribution in [0.3, 0.4) is 0 Å². The third-order valence-corrected chi connectivity index (χ3v) is 6.14. The zero-order valence-electron chi connectivity index (χ0n) is 20.8. The first-order chi connectivity index (χ1) is 18.6. The van der Waals surface area contributed by atoms with Gasteiger partial charge in [-0.2, -0.15) is 0 Å². The molecule has 1 fully saturated rings. The fourth-order valence-electron chi connectivity index (χ4n) is 3.91. The van der Waals surface area contributed by atoms with Gasteiger partial charge in [-0.15, -0.1) is 0 Å². The van der Waals surface area contributed by atoms with Crippen molar-refractivity contribution in [3.8, 4) is 0 Å². The van der Waals surface area contributed by atoms with Gasteiger partial charge in [-0.1, -0.05) is 36.4 Å². The maximum atomic E-state index is 12.2. The lowest BCUT2D eigenvalue weighted by Crippen LogP contribution is -2.62. The van der Waals surface area contributed by atoms with Crippen LogP contribution in [0.2, 0.25) is 0 Å². The van der Waals surface area contributed by atoms with Crippen LogP contribution >= 0.6 is 0 Å². The Balaban J connectivity index is 1.48. The van der Waals surface area contributed by atoms with E-state index in [1.54, 1.807) is 36.4 Å². The number of carbonyl (C=O) groups is 6. The predicted molar refractivity (Wildman–Crippen MR) is 134 cm³/mol. The van der Waals surface area contributed by atoms with E-state index >= 15 is 0 Å². The topological polar surface area (TPSA) is 185 Å². The fraction of sp³-hybridized carbons (Fsp3) is 0.333. The van der Waals surface area contributed by atoms with E-state index in [9.17, 15) is 39.0 Å². The molecule has 12 nitrogen and oxygen atoms in total. The number of carboxylic acids is 2. The molecule has 0 saturated heterocycles. The molecule has 4 atom stereocenters. The van der Waals surface area contributed by atoms with Crippen LogP contribution in [0.5, 0.6) is 0 Å². The van der Waals surface area contributed by atoms with Crippen LogP contribution in [-0.2, 0) is 28.7 Å². The Hall–Kier alpha value is -4.42. The predicted octanol–water partition coefficient (Wildman–Crippen LogP) is 1.54. The average molecular weight is 541 g/mol. The molecule has 39 heavy (non-hydrogen) atoms. The number of rotatable bonds is 13. The molecule has 0 radical (unpaired) electrons. The zero-order chi connectivity index (χ0) is 28.4. The maximum Gasteiger partial charge on any atom is 0.345 e. The number of esters is 4. The summed E-state index contributed by atoms with van der Waals surface area (Å²) in [6.45, 7) is 0. The van der Waals surface area contributed by atoms with Crippen molar-refractivity contribution < 1.29 is 48.5 Å². The van der Waals surface area contributed by atoms with Crippen LogP contribution in [-0.4, -0.2) is 70.2 Å². The molecule has 2 aromatic rings. The molecule has 4 N–H and O–H groups in total. The molecule has 2 aromatic carbocycles. The third-order valence-electron chi connectivity index (χ3n) is 6.14. The molecule has 0 aromatic heterocycles. The highest BCUT2D eigenvalue weighted by atomic mass is 16.6. The van der Waals surface area contributed by atoms with E-state index in [0.717, 1.165) is 0 Å². The van der Waals surface area contributed by atoms with Crippen LogP contribution in [0.1, 0.15) is 52.8 Å². The average Bonchev–Trinajstić information content (AvgIpc) is 2.90. The lowest BCUT2D eigenvalue weighted by atomic mass is 9.84. The molecule has 3 rings (SSSR count). The highest BCUT2D eigenvalue weighted by molar-refractivity contribution is 5.98. The highest BCUT2D eigenvalue weighted by Gasteiger charge is 2.37. The van der Waals surface area contributed by atoms with E-state index in [1.165, 1.54) is 24.3 Å². The smallest absolute Gasteiger partial charge is 0.345 e. The molecular weight excluding hydrogens is 512 g/mol. The van der Waals surface area contributed by atoms with E-state index in [-0.39, 0.29) is 24.0 Å². The molecule has 0 spiro atoms. The van der Waals surface area contributed by atoms with Gasteiger partial charge in [-0.25, -0.2) is 9.59 Å². The molecule has 0 aliphatic heterocycles. The zero-order valence-corrected chi connectivity index (χ0v) is 20.8. The van der Waals surface area contributed by atoms with Gasteiger partial charge in [0.25, 0.3) is 0 Å². The Bertz CT molecular complexity index is 1200. The Morgan fingerprint density at radius 1 is 0.692 bits per heavy atom. The number of hydrogen-bond donors (Lipinski definition) is 4. The number of nitrogens with one attached hydrogen (secondary N) is 2. The van der Waals surface area contributed by atoms with Crippen LogP contribution in [0.4, 0.5) is 0 Å². The van der Waals surface area contributed by atoms with Crippen molar-refractivity contribution in [2.75, 3.05) is 0 Å². The van der Waals surface area contributed by atoms with Crippen molar-refractivity contribution >= 4 is 35.8 Å². The van der Waals surface area contributed by atoms with Crippen LogP contribution in [0.25, 0.3) is 0 Å². The minimum absolute atomic E-state index is 0.141. The minimum Gasteiger partial charge on any atom is -0.480 e. The summed E-state index contributed by atoms with van der Waals surface area (Å²) in [4.78, 5) is 71.8. The molecule has 4 unspecified atom stereocenters. The molecule has 206 valence electrons. The van der Waals surface area contributed by atoms with Gasteiger partial charge in [0, 0.05) is 18.5 Å². The first-order valence-corrected chi connectivity index (χ1v) is 12.2. The SMILES string of the molecule is O=C(CCC(NC1CCC1NC(CC(=O)OC(=O)c1ccccc1)C(=O)O)C(=O)O)OC(=O)c1ccccc1. The first kappa shape index (κ1) is 29.1. The van der Waals surface area contributed by atoms with Gasteiger partial charge in [0.05, 0.1) is 17.5 Å². The van der Waals surface area contributed by atoms with Crippen LogP contribution < -0.4 is 10.6 Å². The molecule has 12 heteroatoms. The van der Waals surface area contributed by atoms with E-state index in [4.69, 9.17) is 9.47 Å².